The lowest BCUT2D eigenvalue weighted by atomic mass is 10.0. The number of likely N-dealkylation sites (tertiary alicyclic amines) is 1. The van der Waals surface area contributed by atoms with Crippen LogP contribution in [0.3, 0.4) is 0 Å². The number of rotatable bonds is 9. The van der Waals surface area contributed by atoms with E-state index >= 15 is 0 Å². The zero-order valence-electron chi connectivity index (χ0n) is 22.9. The third-order valence-corrected chi connectivity index (χ3v) is 7.50. The van der Waals surface area contributed by atoms with Crippen LogP contribution in [-0.4, -0.2) is 60.7 Å². The molecule has 0 radical (unpaired) electrons. The Bertz CT molecular complexity index is 1420. The zero-order chi connectivity index (χ0) is 27.2. The second-order valence-corrected chi connectivity index (χ2v) is 10.1. The molecule has 0 aliphatic carbocycles. The van der Waals surface area contributed by atoms with E-state index < -0.39 is 0 Å². The standard InChI is InChI=1S/C32H36N4O3/c1-22-7-4-5-19-36(22)20-6-18-33-32(37)25-12-17-28-29(21-25)35-31(24-10-15-27(39-3)16-11-24)30(34-28)23-8-13-26(38-2)14-9-23/h8-17,21-22H,4-7,18-20H2,1-3H3,(H,33,37)/t22-/m0/s1. The highest BCUT2D eigenvalue weighted by molar-refractivity contribution is 5.98. The molecule has 1 fully saturated rings. The zero-order valence-corrected chi connectivity index (χ0v) is 22.9. The van der Waals surface area contributed by atoms with Crippen LogP contribution in [0.4, 0.5) is 0 Å². The van der Waals surface area contributed by atoms with Crippen LogP contribution in [0, 0.1) is 0 Å². The first-order valence-corrected chi connectivity index (χ1v) is 13.7. The van der Waals surface area contributed by atoms with E-state index in [1.54, 1.807) is 14.2 Å². The molecule has 4 aromatic rings. The number of aromatic nitrogens is 2. The molecule has 1 aliphatic rings. The summed E-state index contributed by atoms with van der Waals surface area (Å²) in [6, 6.07) is 21.7. The van der Waals surface area contributed by atoms with Crippen LogP contribution in [0.25, 0.3) is 33.5 Å². The number of hydrogen-bond donors (Lipinski definition) is 1. The number of carbonyl (C=O) groups is 1. The molecule has 5 rings (SSSR count). The topological polar surface area (TPSA) is 76.6 Å². The molecule has 3 aromatic carbocycles. The Hall–Kier alpha value is -3.97. The van der Waals surface area contributed by atoms with Gasteiger partial charge in [-0.3, -0.25) is 4.79 Å². The molecule has 1 amide bonds. The van der Waals surface area contributed by atoms with Gasteiger partial charge in [-0.25, -0.2) is 9.97 Å². The third kappa shape index (κ3) is 6.20. The number of methoxy groups -OCH3 is 2. The monoisotopic (exact) mass is 524 g/mol. The Morgan fingerprint density at radius 3 is 2.08 bits per heavy atom. The predicted octanol–water partition coefficient (Wildman–Crippen LogP) is 5.98. The Morgan fingerprint density at radius 1 is 0.872 bits per heavy atom. The molecule has 1 N–H and O–H groups in total. The molecule has 0 bridgehead atoms. The molecule has 7 heteroatoms. The minimum absolute atomic E-state index is 0.0874. The highest BCUT2D eigenvalue weighted by Gasteiger charge is 2.18. The number of fused-ring (bicyclic) bond motifs is 1. The lowest BCUT2D eigenvalue weighted by molar-refractivity contribution is 0.0949. The van der Waals surface area contributed by atoms with Crippen LogP contribution in [0.1, 0.15) is 43.0 Å². The van der Waals surface area contributed by atoms with Crippen LogP contribution >= 0.6 is 0 Å². The van der Waals surface area contributed by atoms with Gasteiger partial charge in [-0.15, -0.1) is 0 Å². The first kappa shape index (κ1) is 26.6. The summed E-state index contributed by atoms with van der Waals surface area (Å²) in [6.07, 6.45) is 4.80. The van der Waals surface area contributed by atoms with Crippen LogP contribution < -0.4 is 14.8 Å². The van der Waals surface area contributed by atoms with Gasteiger partial charge < -0.3 is 19.7 Å². The Morgan fingerprint density at radius 2 is 1.49 bits per heavy atom. The van der Waals surface area contributed by atoms with Crippen molar-refractivity contribution in [1.29, 1.82) is 0 Å². The number of carbonyl (C=O) groups excluding carboxylic acids is 1. The van der Waals surface area contributed by atoms with E-state index in [1.165, 1.54) is 19.3 Å². The van der Waals surface area contributed by atoms with Gasteiger partial charge >= 0.3 is 0 Å². The molecule has 1 aromatic heterocycles. The predicted molar refractivity (Wildman–Crippen MR) is 155 cm³/mol. The second kappa shape index (κ2) is 12.3. The molecular weight excluding hydrogens is 488 g/mol. The van der Waals surface area contributed by atoms with Gasteiger partial charge in [0.15, 0.2) is 0 Å². The second-order valence-electron chi connectivity index (χ2n) is 10.1. The first-order chi connectivity index (χ1) is 19.1. The number of benzene rings is 3. The van der Waals surface area contributed by atoms with Crippen molar-refractivity contribution in [2.45, 2.75) is 38.6 Å². The molecule has 202 valence electrons. The van der Waals surface area contributed by atoms with Crippen LogP contribution in [0.2, 0.25) is 0 Å². The van der Waals surface area contributed by atoms with Crippen molar-refractivity contribution in [2.75, 3.05) is 33.9 Å². The van der Waals surface area contributed by atoms with E-state index in [4.69, 9.17) is 19.4 Å². The van der Waals surface area contributed by atoms with Gasteiger partial charge in [-0.2, -0.15) is 0 Å². The van der Waals surface area contributed by atoms with E-state index in [-0.39, 0.29) is 5.91 Å². The van der Waals surface area contributed by atoms with Gasteiger partial charge in [0.25, 0.3) is 5.91 Å². The number of nitrogens with one attached hydrogen (secondary N) is 1. The van der Waals surface area contributed by atoms with Crippen molar-refractivity contribution in [2.24, 2.45) is 0 Å². The maximum absolute atomic E-state index is 13.0. The average molecular weight is 525 g/mol. The molecule has 1 aliphatic heterocycles. The van der Waals surface area contributed by atoms with Gasteiger partial charge in [-0.1, -0.05) is 6.42 Å². The molecule has 0 spiro atoms. The van der Waals surface area contributed by atoms with Gasteiger partial charge in [-0.05, 0) is 99.5 Å². The normalized spacial score (nSPS) is 15.7. The number of ether oxygens (including phenoxy) is 2. The fourth-order valence-corrected chi connectivity index (χ4v) is 5.17. The highest BCUT2D eigenvalue weighted by Crippen LogP contribution is 2.33. The van der Waals surface area contributed by atoms with Crippen LogP contribution in [0.5, 0.6) is 11.5 Å². The Labute approximate surface area is 230 Å². The van der Waals surface area contributed by atoms with Crippen LogP contribution in [0.15, 0.2) is 66.7 Å². The maximum Gasteiger partial charge on any atom is 0.251 e. The van der Waals surface area contributed by atoms with E-state index in [1.807, 2.05) is 66.7 Å². The Balaban J connectivity index is 1.39. The van der Waals surface area contributed by atoms with Crippen molar-refractivity contribution in [3.05, 3.63) is 72.3 Å². The third-order valence-electron chi connectivity index (χ3n) is 7.50. The summed E-state index contributed by atoms with van der Waals surface area (Å²) < 4.78 is 10.7. The minimum Gasteiger partial charge on any atom is -0.497 e. The number of hydrogen-bond acceptors (Lipinski definition) is 6. The molecule has 7 nitrogen and oxygen atoms in total. The van der Waals surface area contributed by atoms with E-state index in [0.717, 1.165) is 59.0 Å². The van der Waals surface area contributed by atoms with Gasteiger partial charge in [0, 0.05) is 35.8 Å². The van der Waals surface area contributed by atoms with Crippen molar-refractivity contribution < 1.29 is 14.3 Å². The average Bonchev–Trinajstić information content (AvgIpc) is 2.99. The van der Waals surface area contributed by atoms with Gasteiger partial charge in [0.2, 0.25) is 0 Å². The number of nitrogens with zero attached hydrogens (tertiary/aromatic N) is 3. The van der Waals surface area contributed by atoms with Gasteiger partial charge in [0.1, 0.15) is 11.5 Å². The highest BCUT2D eigenvalue weighted by atomic mass is 16.5. The first-order valence-electron chi connectivity index (χ1n) is 13.7. The number of amides is 1. The summed E-state index contributed by atoms with van der Waals surface area (Å²) in [5.74, 6) is 1.46. The molecular formula is C32H36N4O3. The molecule has 0 unspecified atom stereocenters. The lowest BCUT2D eigenvalue weighted by Crippen LogP contribution is -2.39. The van der Waals surface area contributed by atoms with E-state index in [2.05, 4.69) is 17.1 Å². The molecule has 39 heavy (non-hydrogen) atoms. The minimum atomic E-state index is -0.0874. The lowest BCUT2D eigenvalue weighted by Gasteiger charge is -2.33. The molecule has 2 heterocycles. The smallest absolute Gasteiger partial charge is 0.251 e. The van der Waals surface area contributed by atoms with E-state index in [9.17, 15) is 4.79 Å². The molecule has 1 saturated heterocycles. The summed E-state index contributed by atoms with van der Waals surface area (Å²) >= 11 is 0. The van der Waals surface area contributed by atoms with Crippen molar-refractivity contribution >= 4 is 16.9 Å². The summed E-state index contributed by atoms with van der Waals surface area (Å²) in [5, 5.41) is 3.09. The van der Waals surface area contributed by atoms with Gasteiger partial charge in [0.05, 0.1) is 36.6 Å². The maximum atomic E-state index is 13.0. The Kier molecular flexibility index (Phi) is 8.37. The summed E-state index contributed by atoms with van der Waals surface area (Å²) in [7, 11) is 3.30. The van der Waals surface area contributed by atoms with Crippen molar-refractivity contribution in [1.82, 2.24) is 20.2 Å². The fourth-order valence-electron chi connectivity index (χ4n) is 5.17. The molecule has 1 atom stereocenters. The SMILES string of the molecule is COc1ccc(-c2nc3ccc(C(=O)NCCCN4CCCC[C@@H]4C)cc3nc2-c2ccc(OC)cc2)cc1. The van der Waals surface area contributed by atoms with E-state index in [0.29, 0.717) is 23.7 Å². The summed E-state index contributed by atoms with van der Waals surface area (Å²) in [6.45, 7) is 5.13. The van der Waals surface area contributed by atoms with Crippen molar-refractivity contribution in [3.8, 4) is 34.0 Å². The summed E-state index contributed by atoms with van der Waals surface area (Å²) in [5.41, 5.74) is 5.34. The summed E-state index contributed by atoms with van der Waals surface area (Å²) in [4.78, 5) is 25.5. The fraction of sp³-hybridized carbons (Fsp3) is 0.344. The quantitative estimate of drug-likeness (QED) is 0.272. The van der Waals surface area contributed by atoms with Crippen LogP contribution in [-0.2, 0) is 0 Å². The molecule has 0 saturated carbocycles. The van der Waals surface area contributed by atoms with Crippen molar-refractivity contribution in [3.63, 3.8) is 0 Å². The largest absolute Gasteiger partial charge is 0.497 e. The number of piperidine rings is 1.